The van der Waals surface area contributed by atoms with Gasteiger partial charge in [-0.05, 0) is 44.3 Å². The second-order valence-electron chi connectivity index (χ2n) is 5.11. The molecule has 1 rings (SSSR count). The van der Waals surface area contributed by atoms with Gasteiger partial charge in [-0.25, -0.2) is 13.1 Å². The van der Waals surface area contributed by atoms with Crippen molar-refractivity contribution in [2.24, 2.45) is 5.73 Å². The number of nitrogens with zero attached hydrogens (tertiary/aromatic N) is 1. The Bertz CT molecular complexity index is 544. The molecule has 0 fully saturated rings. The molecule has 0 aliphatic heterocycles. The third kappa shape index (κ3) is 6.11. The van der Waals surface area contributed by atoms with Crippen LogP contribution in [-0.2, 0) is 21.3 Å². The number of nitrogens with two attached hydrogens (primary N) is 1. The van der Waals surface area contributed by atoms with E-state index in [-0.39, 0.29) is 11.4 Å². The van der Waals surface area contributed by atoms with Crippen LogP contribution in [0, 0.1) is 6.92 Å². The lowest BCUT2D eigenvalue weighted by Crippen LogP contribution is -2.28. The molecule has 1 aromatic carbocycles. The molecule has 0 bridgehead atoms. The SMILES string of the molecule is Cc1ccc(S(=O)(=O)NCCOCCN(C)C)cc1CN. The summed E-state index contributed by atoms with van der Waals surface area (Å²) in [4.78, 5) is 2.24. The van der Waals surface area contributed by atoms with Crippen molar-refractivity contribution in [2.45, 2.75) is 18.4 Å². The third-order valence-corrected chi connectivity index (χ3v) is 4.53. The Morgan fingerprint density at radius 2 is 2.00 bits per heavy atom. The average Bonchev–Trinajstić information content (AvgIpc) is 2.42. The number of ether oxygens (including phenoxy) is 1. The molecule has 0 aromatic heterocycles. The Labute approximate surface area is 127 Å². The van der Waals surface area contributed by atoms with Gasteiger partial charge in [0.05, 0.1) is 18.1 Å². The summed E-state index contributed by atoms with van der Waals surface area (Å²) in [6, 6.07) is 4.97. The van der Waals surface area contributed by atoms with Crippen LogP contribution < -0.4 is 10.5 Å². The Morgan fingerprint density at radius 3 is 2.62 bits per heavy atom. The summed E-state index contributed by atoms with van der Waals surface area (Å²) in [5, 5.41) is 0. The van der Waals surface area contributed by atoms with Crippen LogP contribution in [0.1, 0.15) is 11.1 Å². The molecule has 120 valence electrons. The molecule has 0 radical (unpaired) electrons. The molecule has 0 aliphatic rings. The van der Waals surface area contributed by atoms with Crippen molar-refractivity contribution in [3.8, 4) is 0 Å². The van der Waals surface area contributed by atoms with Gasteiger partial charge in [0.1, 0.15) is 0 Å². The molecule has 0 heterocycles. The predicted molar refractivity (Wildman–Crippen MR) is 83.6 cm³/mol. The maximum absolute atomic E-state index is 12.1. The van der Waals surface area contributed by atoms with E-state index in [1.165, 1.54) is 0 Å². The van der Waals surface area contributed by atoms with E-state index in [0.29, 0.717) is 19.8 Å². The highest BCUT2D eigenvalue weighted by Crippen LogP contribution is 2.14. The van der Waals surface area contributed by atoms with Crippen LogP contribution in [0.5, 0.6) is 0 Å². The van der Waals surface area contributed by atoms with E-state index in [0.717, 1.165) is 17.7 Å². The van der Waals surface area contributed by atoms with Crippen molar-refractivity contribution in [1.82, 2.24) is 9.62 Å². The maximum atomic E-state index is 12.1. The highest BCUT2D eigenvalue weighted by molar-refractivity contribution is 7.89. The van der Waals surface area contributed by atoms with Crippen LogP contribution in [0.25, 0.3) is 0 Å². The van der Waals surface area contributed by atoms with E-state index < -0.39 is 10.0 Å². The first-order valence-corrected chi connectivity index (χ1v) is 8.37. The molecule has 6 nitrogen and oxygen atoms in total. The van der Waals surface area contributed by atoms with E-state index in [4.69, 9.17) is 10.5 Å². The van der Waals surface area contributed by atoms with Gasteiger partial charge in [-0.1, -0.05) is 6.07 Å². The van der Waals surface area contributed by atoms with E-state index in [1.54, 1.807) is 18.2 Å². The predicted octanol–water partition coefficient (Wildman–Crippen LogP) is 0.310. The van der Waals surface area contributed by atoms with Gasteiger partial charge < -0.3 is 15.4 Å². The van der Waals surface area contributed by atoms with Gasteiger partial charge in [0.25, 0.3) is 0 Å². The third-order valence-electron chi connectivity index (χ3n) is 3.07. The fourth-order valence-corrected chi connectivity index (χ4v) is 2.78. The van der Waals surface area contributed by atoms with Gasteiger partial charge in [-0.15, -0.1) is 0 Å². The normalized spacial score (nSPS) is 12.0. The number of hydrogen-bond donors (Lipinski definition) is 2. The largest absolute Gasteiger partial charge is 0.379 e. The van der Waals surface area contributed by atoms with Gasteiger partial charge in [-0.3, -0.25) is 0 Å². The topological polar surface area (TPSA) is 84.7 Å². The van der Waals surface area contributed by atoms with Crippen LogP contribution in [0.4, 0.5) is 0 Å². The number of hydrogen-bond acceptors (Lipinski definition) is 5. The monoisotopic (exact) mass is 315 g/mol. The molecule has 0 atom stereocenters. The van der Waals surface area contributed by atoms with Crippen LogP contribution in [0.15, 0.2) is 23.1 Å². The van der Waals surface area contributed by atoms with Crippen molar-refractivity contribution < 1.29 is 13.2 Å². The molecule has 0 spiro atoms. The fourth-order valence-electron chi connectivity index (χ4n) is 1.72. The Hall–Kier alpha value is -0.990. The molecule has 0 aliphatic carbocycles. The van der Waals surface area contributed by atoms with E-state index in [9.17, 15) is 8.42 Å². The number of nitrogens with one attached hydrogen (secondary N) is 1. The van der Waals surface area contributed by atoms with Crippen molar-refractivity contribution >= 4 is 10.0 Å². The van der Waals surface area contributed by atoms with Gasteiger partial charge in [-0.2, -0.15) is 0 Å². The zero-order valence-corrected chi connectivity index (χ0v) is 13.7. The molecular formula is C14H25N3O3S. The summed E-state index contributed by atoms with van der Waals surface area (Å²) >= 11 is 0. The summed E-state index contributed by atoms with van der Waals surface area (Å²) < 4.78 is 32.2. The van der Waals surface area contributed by atoms with Crippen molar-refractivity contribution in [2.75, 3.05) is 40.4 Å². The summed E-state index contributed by atoms with van der Waals surface area (Å²) in [7, 11) is 0.405. The van der Waals surface area contributed by atoms with Gasteiger partial charge in [0.15, 0.2) is 0 Å². The number of sulfonamides is 1. The Morgan fingerprint density at radius 1 is 1.29 bits per heavy atom. The molecule has 0 amide bonds. The second kappa shape index (κ2) is 8.45. The summed E-state index contributed by atoms with van der Waals surface area (Å²) in [5.74, 6) is 0. The lowest BCUT2D eigenvalue weighted by atomic mass is 10.1. The standard InChI is InChI=1S/C14H25N3O3S/c1-12-4-5-14(10-13(12)11-15)21(18,19)16-6-8-20-9-7-17(2)3/h4-5,10,16H,6-9,11,15H2,1-3H3. The first-order chi connectivity index (χ1) is 9.86. The highest BCUT2D eigenvalue weighted by Gasteiger charge is 2.14. The number of likely N-dealkylation sites (N-methyl/N-ethyl adjacent to an activating group) is 1. The first kappa shape index (κ1) is 18.1. The first-order valence-electron chi connectivity index (χ1n) is 6.88. The lowest BCUT2D eigenvalue weighted by molar-refractivity contribution is 0.122. The molecular weight excluding hydrogens is 290 g/mol. The van der Waals surface area contributed by atoms with Crippen molar-refractivity contribution in [3.63, 3.8) is 0 Å². The quantitative estimate of drug-likeness (QED) is 0.641. The summed E-state index contributed by atoms with van der Waals surface area (Å²) in [6.45, 7) is 4.22. The minimum absolute atomic E-state index is 0.238. The number of aryl methyl sites for hydroxylation is 1. The second-order valence-corrected chi connectivity index (χ2v) is 6.87. The zero-order valence-electron chi connectivity index (χ0n) is 12.9. The van der Waals surface area contributed by atoms with Crippen LogP contribution in [0.3, 0.4) is 0 Å². The summed E-state index contributed by atoms with van der Waals surface area (Å²) in [6.07, 6.45) is 0. The van der Waals surface area contributed by atoms with E-state index in [2.05, 4.69) is 4.72 Å². The van der Waals surface area contributed by atoms with Crippen LogP contribution in [-0.4, -0.2) is 53.7 Å². The van der Waals surface area contributed by atoms with Gasteiger partial charge in [0, 0.05) is 19.6 Å². The minimum atomic E-state index is -3.51. The maximum Gasteiger partial charge on any atom is 0.240 e. The molecule has 21 heavy (non-hydrogen) atoms. The summed E-state index contributed by atoms with van der Waals surface area (Å²) in [5.41, 5.74) is 7.43. The van der Waals surface area contributed by atoms with E-state index in [1.807, 2.05) is 25.9 Å². The Kier molecular flexibility index (Phi) is 7.27. The zero-order chi connectivity index (χ0) is 15.9. The molecule has 1 aromatic rings. The molecule has 0 unspecified atom stereocenters. The molecule has 7 heteroatoms. The van der Waals surface area contributed by atoms with Gasteiger partial charge >= 0.3 is 0 Å². The van der Waals surface area contributed by atoms with Gasteiger partial charge in [0.2, 0.25) is 10.0 Å². The number of benzene rings is 1. The van der Waals surface area contributed by atoms with E-state index >= 15 is 0 Å². The highest BCUT2D eigenvalue weighted by atomic mass is 32.2. The lowest BCUT2D eigenvalue weighted by Gasteiger charge is -2.11. The number of rotatable bonds is 9. The fraction of sp³-hybridized carbons (Fsp3) is 0.571. The minimum Gasteiger partial charge on any atom is -0.379 e. The average molecular weight is 315 g/mol. The van der Waals surface area contributed by atoms with Crippen LogP contribution >= 0.6 is 0 Å². The van der Waals surface area contributed by atoms with Crippen LogP contribution in [0.2, 0.25) is 0 Å². The molecule has 0 saturated carbocycles. The molecule has 3 N–H and O–H groups in total. The Balaban J connectivity index is 2.50. The van der Waals surface area contributed by atoms with Crippen molar-refractivity contribution in [1.29, 1.82) is 0 Å². The smallest absolute Gasteiger partial charge is 0.240 e. The van der Waals surface area contributed by atoms with Crippen molar-refractivity contribution in [3.05, 3.63) is 29.3 Å². The molecule has 0 saturated heterocycles.